The summed E-state index contributed by atoms with van der Waals surface area (Å²) in [5.41, 5.74) is 3.49. The molecule has 2 aromatic heterocycles. The first-order valence-electron chi connectivity index (χ1n) is 10.5. The van der Waals surface area contributed by atoms with Gasteiger partial charge in [-0.05, 0) is 54.8 Å². The van der Waals surface area contributed by atoms with E-state index in [0.29, 0.717) is 28.2 Å². The van der Waals surface area contributed by atoms with Crippen LogP contribution in [0.25, 0.3) is 16.5 Å². The number of H-pyrrole nitrogens is 1. The van der Waals surface area contributed by atoms with Gasteiger partial charge in [0.15, 0.2) is 0 Å². The number of piperazine rings is 1. The van der Waals surface area contributed by atoms with Crippen molar-refractivity contribution in [3.05, 3.63) is 76.1 Å². The van der Waals surface area contributed by atoms with Gasteiger partial charge in [-0.2, -0.15) is 5.26 Å². The summed E-state index contributed by atoms with van der Waals surface area (Å²) in [6.07, 6.45) is 5.86. The first-order valence-corrected chi connectivity index (χ1v) is 10.5. The highest BCUT2D eigenvalue weighted by molar-refractivity contribution is 5.81. The van der Waals surface area contributed by atoms with Gasteiger partial charge < -0.3 is 9.88 Å². The Morgan fingerprint density at radius 1 is 1.16 bits per heavy atom. The van der Waals surface area contributed by atoms with Crippen LogP contribution in [-0.2, 0) is 0 Å². The van der Waals surface area contributed by atoms with E-state index in [-0.39, 0.29) is 11.4 Å². The second-order valence-corrected chi connectivity index (χ2v) is 8.05. The minimum Gasteiger partial charge on any atom is -0.367 e. The molecule has 156 valence electrons. The molecule has 1 aliphatic carbocycles. The van der Waals surface area contributed by atoms with Gasteiger partial charge in [0.2, 0.25) is 0 Å². The first kappa shape index (κ1) is 19.5. The molecule has 3 heterocycles. The SMILES string of the molecule is N#Cc1ccc(N2CCN([C@H]3C=C(c4cc5ncccc5c(=O)[nH]4)CC3)CC2)c(F)c1. The Morgan fingerprint density at radius 2 is 2.00 bits per heavy atom. The smallest absolute Gasteiger partial charge is 0.257 e. The van der Waals surface area contributed by atoms with Crippen LogP contribution in [0.5, 0.6) is 0 Å². The Hall–Kier alpha value is -3.50. The molecule has 0 bridgehead atoms. The number of pyridine rings is 2. The van der Waals surface area contributed by atoms with Gasteiger partial charge in [-0.3, -0.25) is 14.7 Å². The lowest BCUT2D eigenvalue weighted by Crippen LogP contribution is -2.49. The number of aromatic amines is 1. The highest BCUT2D eigenvalue weighted by Gasteiger charge is 2.27. The van der Waals surface area contributed by atoms with E-state index in [4.69, 9.17) is 5.26 Å². The molecule has 0 amide bonds. The molecule has 1 fully saturated rings. The largest absolute Gasteiger partial charge is 0.367 e. The summed E-state index contributed by atoms with van der Waals surface area (Å²) in [4.78, 5) is 24.2. The van der Waals surface area contributed by atoms with Crippen LogP contribution in [0.1, 0.15) is 24.1 Å². The Morgan fingerprint density at radius 3 is 2.77 bits per heavy atom. The van der Waals surface area contributed by atoms with E-state index in [9.17, 15) is 9.18 Å². The van der Waals surface area contributed by atoms with Gasteiger partial charge in [0, 0.05) is 44.1 Å². The number of nitrogens with zero attached hydrogens (tertiary/aromatic N) is 4. The molecule has 0 unspecified atom stereocenters. The lowest BCUT2D eigenvalue weighted by Gasteiger charge is -2.38. The minimum atomic E-state index is -0.343. The van der Waals surface area contributed by atoms with Crippen molar-refractivity contribution in [2.45, 2.75) is 18.9 Å². The molecule has 2 aliphatic rings. The fourth-order valence-electron chi connectivity index (χ4n) is 4.60. The molecule has 1 aromatic carbocycles. The number of fused-ring (bicyclic) bond motifs is 1. The van der Waals surface area contributed by atoms with Crippen LogP contribution in [-0.4, -0.2) is 47.1 Å². The summed E-state index contributed by atoms with van der Waals surface area (Å²) in [6.45, 7) is 3.14. The second-order valence-electron chi connectivity index (χ2n) is 8.05. The summed E-state index contributed by atoms with van der Waals surface area (Å²) in [7, 11) is 0. The molecule has 1 aliphatic heterocycles. The van der Waals surface area contributed by atoms with E-state index in [1.54, 1.807) is 30.5 Å². The molecule has 6 nitrogen and oxygen atoms in total. The minimum absolute atomic E-state index is 0.108. The van der Waals surface area contributed by atoms with Gasteiger partial charge in [0.25, 0.3) is 5.56 Å². The predicted octanol–water partition coefficient (Wildman–Crippen LogP) is 3.30. The van der Waals surface area contributed by atoms with Gasteiger partial charge in [-0.15, -0.1) is 0 Å². The van der Waals surface area contributed by atoms with Crippen molar-refractivity contribution in [2.24, 2.45) is 0 Å². The van der Waals surface area contributed by atoms with Crippen LogP contribution < -0.4 is 10.5 Å². The number of nitriles is 1. The molecular formula is C24H22FN5O. The van der Waals surface area contributed by atoms with E-state index >= 15 is 0 Å². The predicted molar refractivity (Wildman–Crippen MR) is 118 cm³/mol. The zero-order valence-electron chi connectivity index (χ0n) is 17.0. The molecule has 0 spiro atoms. The molecule has 7 heteroatoms. The van der Waals surface area contributed by atoms with Gasteiger partial charge >= 0.3 is 0 Å². The molecule has 1 N–H and O–H groups in total. The Kier molecular flexibility index (Phi) is 5.00. The Labute approximate surface area is 179 Å². The molecule has 0 radical (unpaired) electrons. The number of aromatic nitrogens is 2. The molecule has 31 heavy (non-hydrogen) atoms. The summed E-state index contributed by atoms with van der Waals surface area (Å²) in [5, 5.41) is 9.53. The maximum absolute atomic E-state index is 14.4. The summed E-state index contributed by atoms with van der Waals surface area (Å²) < 4.78 is 14.4. The maximum Gasteiger partial charge on any atom is 0.257 e. The number of halogens is 1. The Bertz CT molecular complexity index is 1270. The van der Waals surface area contributed by atoms with E-state index in [0.717, 1.165) is 50.3 Å². The molecule has 5 rings (SSSR count). The number of rotatable bonds is 3. The topological polar surface area (TPSA) is 76.0 Å². The van der Waals surface area contributed by atoms with Crippen LogP contribution in [0.2, 0.25) is 0 Å². The summed E-state index contributed by atoms with van der Waals surface area (Å²) in [6, 6.07) is 12.5. The fourth-order valence-corrected chi connectivity index (χ4v) is 4.60. The first-order chi connectivity index (χ1) is 15.1. The lowest BCUT2D eigenvalue weighted by atomic mass is 10.1. The normalized spacial score (nSPS) is 19.4. The van der Waals surface area contributed by atoms with E-state index in [1.165, 1.54) is 6.07 Å². The average molecular weight is 415 g/mol. The van der Waals surface area contributed by atoms with Crippen LogP contribution in [0, 0.1) is 17.1 Å². The van der Waals surface area contributed by atoms with E-state index in [1.807, 2.05) is 17.0 Å². The van der Waals surface area contributed by atoms with E-state index in [2.05, 4.69) is 20.9 Å². The van der Waals surface area contributed by atoms with Crippen LogP contribution in [0.15, 0.2) is 53.5 Å². The number of benzene rings is 1. The summed E-state index contributed by atoms with van der Waals surface area (Å²) >= 11 is 0. The maximum atomic E-state index is 14.4. The number of allylic oxidation sites excluding steroid dienone is 1. The van der Waals surface area contributed by atoms with Crippen LogP contribution in [0.3, 0.4) is 0 Å². The number of hydrogen-bond donors (Lipinski definition) is 1. The molecule has 1 atom stereocenters. The number of hydrogen-bond acceptors (Lipinski definition) is 5. The highest BCUT2D eigenvalue weighted by Crippen LogP contribution is 2.31. The van der Waals surface area contributed by atoms with Gasteiger partial charge in [0.05, 0.1) is 28.2 Å². The van der Waals surface area contributed by atoms with Crippen molar-refractivity contribution < 1.29 is 4.39 Å². The lowest BCUT2D eigenvalue weighted by molar-refractivity contribution is 0.214. The quantitative estimate of drug-likeness (QED) is 0.710. The fraction of sp³-hybridized carbons (Fsp3) is 0.292. The van der Waals surface area contributed by atoms with Gasteiger partial charge in [0.1, 0.15) is 5.82 Å². The van der Waals surface area contributed by atoms with E-state index < -0.39 is 0 Å². The standard InChI is InChI=1S/C24H22FN5O/c25-20-12-16(15-26)3-6-23(20)30-10-8-29(9-11-30)18-5-4-17(13-18)21-14-22-19(24(31)28-21)2-1-7-27-22/h1-3,6-7,12-14,18H,4-5,8-11H2,(H,28,31)/t18-/m1/s1. The zero-order valence-corrected chi connectivity index (χ0v) is 17.0. The molecule has 3 aromatic rings. The third-order valence-corrected chi connectivity index (χ3v) is 6.26. The average Bonchev–Trinajstić information content (AvgIpc) is 3.29. The zero-order chi connectivity index (χ0) is 21.4. The van der Waals surface area contributed by atoms with Crippen molar-refractivity contribution in [1.82, 2.24) is 14.9 Å². The third kappa shape index (κ3) is 3.71. The van der Waals surface area contributed by atoms with Gasteiger partial charge in [-0.25, -0.2) is 4.39 Å². The summed E-state index contributed by atoms with van der Waals surface area (Å²) in [5.74, 6) is -0.343. The monoisotopic (exact) mass is 415 g/mol. The molecular weight excluding hydrogens is 393 g/mol. The van der Waals surface area contributed by atoms with Gasteiger partial charge in [-0.1, -0.05) is 6.08 Å². The molecule has 0 saturated carbocycles. The second kappa shape index (κ2) is 7.97. The van der Waals surface area contributed by atoms with Crippen molar-refractivity contribution in [3.63, 3.8) is 0 Å². The van der Waals surface area contributed by atoms with Crippen LogP contribution in [0.4, 0.5) is 10.1 Å². The van der Waals surface area contributed by atoms with Crippen molar-refractivity contribution in [2.75, 3.05) is 31.1 Å². The Balaban J connectivity index is 1.29. The number of nitrogens with one attached hydrogen (secondary N) is 1. The van der Waals surface area contributed by atoms with Crippen molar-refractivity contribution in [1.29, 1.82) is 5.26 Å². The molecule has 1 saturated heterocycles. The van der Waals surface area contributed by atoms with Crippen molar-refractivity contribution >= 4 is 22.2 Å². The van der Waals surface area contributed by atoms with Crippen molar-refractivity contribution in [3.8, 4) is 6.07 Å². The third-order valence-electron chi connectivity index (χ3n) is 6.26. The number of anilines is 1. The highest BCUT2D eigenvalue weighted by atomic mass is 19.1. The van der Waals surface area contributed by atoms with Crippen LogP contribution >= 0.6 is 0 Å².